The van der Waals surface area contributed by atoms with Gasteiger partial charge in [0, 0.05) is 16.8 Å². The molecule has 0 atom stereocenters. The van der Waals surface area contributed by atoms with Crippen LogP contribution in [0.5, 0.6) is 5.75 Å². The molecule has 0 fully saturated rings. The summed E-state index contributed by atoms with van der Waals surface area (Å²) in [6.07, 6.45) is 0. The number of carbonyl (C=O) groups excluding carboxylic acids is 1. The molecule has 0 amide bonds. The molecule has 2 aromatic carbocycles. The molecule has 0 unspecified atom stereocenters. The summed E-state index contributed by atoms with van der Waals surface area (Å²) in [5.41, 5.74) is 6.63. The molecule has 0 aliphatic carbocycles. The molecule has 2 aromatic rings. The number of ether oxygens (including phenoxy) is 2. The lowest BCUT2D eigenvalue weighted by atomic mass is 10.0. The normalized spacial score (nSPS) is 9.89. The van der Waals surface area contributed by atoms with E-state index in [9.17, 15) is 4.79 Å². The first kappa shape index (κ1) is 12.7. The first-order chi connectivity index (χ1) is 9.17. The Morgan fingerprint density at radius 1 is 1.37 bits per heavy atom. The van der Waals surface area contributed by atoms with Crippen LogP contribution >= 0.6 is 0 Å². The Labute approximate surface area is 110 Å². The van der Waals surface area contributed by atoms with Crippen molar-refractivity contribution in [1.29, 1.82) is 5.26 Å². The molecular weight excluding hydrogens is 244 g/mol. The van der Waals surface area contributed by atoms with E-state index in [1.807, 2.05) is 24.3 Å². The zero-order valence-electron chi connectivity index (χ0n) is 10.3. The highest BCUT2D eigenvalue weighted by Crippen LogP contribution is 2.32. The molecule has 19 heavy (non-hydrogen) atoms. The number of anilines is 1. The van der Waals surface area contributed by atoms with E-state index in [1.54, 1.807) is 6.07 Å². The van der Waals surface area contributed by atoms with Gasteiger partial charge in [-0.3, -0.25) is 0 Å². The topological polar surface area (TPSA) is 85.3 Å². The summed E-state index contributed by atoms with van der Waals surface area (Å²) < 4.78 is 9.90. The van der Waals surface area contributed by atoms with Crippen LogP contribution in [0.3, 0.4) is 0 Å². The monoisotopic (exact) mass is 256 g/mol. The molecule has 0 bridgehead atoms. The summed E-state index contributed by atoms with van der Waals surface area (Å²) in [7, 11) is 1.29. The van der Waals surface area contributed by atoms with Crippen LogP contribution in [0.15, 0.2) is 30.3 Å². The van der Waals surface area contributed by atoms with E-state index in [0.717, 1.165) is 10.8 Å². The molecule has 0 radical (unpaired) electrons. The van der Waals surface area contributed by atoms with Crippen molar-refractivity contribution in [3.8, 4) is 11.8 Å². The number of nitrogen functional groups attached to an aromatic ring is 1. The van der Waals surface area contributed by atoms with Crippen LogP contribution in [0.2, 0.25) is 0 Å². The molecule has 0 aromatic heterocycles. The number of carbonyl (C=O) groups is 1. The lowest BCUT2D eigenvalue weighted by Gasteiger charge is -2.11. The quantitative estimate of drug-likeness (QED) is 0.669. The fraction of sp³-hybridized carbons (Fsp3) is 0.143. The second-order valence-electron chi connectivity index (χ2n) is 3.86. The van der Waals surface area contributed by atoms with Gasteiger partial charge >= 0.3 is 5.97 Å². The number of esters is 1. The standard InChI is InChI=1S/C14H12N2O3/c1-18-13(17)8-19-12-6-9(7-15)14(16)11-5-3-2-4-10(11)12/h2-6H,8,16H2,1H3. The SMILES string of the molecule is COC(=O)COc1cc(C#N)c(N)c2ccccc12. The lowest BCUT2D eigenvalue weighted by molar-refractivity contribution is -0.142. The Morgan fingerprint density at radius 2 is 2.05 bits per heavy atom. The molecule has 2 rings (SSSR count). The molecule has 0 spiro atoms. The number of nitriles is 1. The van der Waals surface area contributed by atoms with E-state index in [1.165, 1.54) is 13.2 Å². The first-order valence-electron chi connectivity index (χ1n) is 5.58. The fourth-order valence-electron chi connectivity index (χ4n) is 1.77. The molecular formula is C14H12N2O3. The predicted octanol–water partition coefficient (Wildman–Crippen LogP) is 1.85. The number of hydrogen-bond acceptors (Lipinski definition) is 5. The van der Waals surface area contributed by atoms with Crippen molar-refractivity contribution in [2.75, 3.05) is 19.5 Å². The molecule has 96 valence electrons. The maximum absolute atomic E-state index is 11.1. The third-order valence-electron chi connectivity index (χ3n) is 2.74. The Balaban J connectivity index is 2.51. The second-order valence-corrected chi connectivity index (χ2v) is 3.86. The van der Waals surface area contributed by atoms with Gasteiger partial charge in [0.1, 0.15) is 11.8 Å². The van der Waals surface area contributed by atoms with Crippen LogP contribution in [0, 0.1) is 11.3 Å². The predicted molar refractivity (Wildman–Crippen MR) is 70.6 cm³/mol. The smallest absolute Gasteiger partial charge is 0.343 e. The lowest BCUT2D eigenvalue weighted by Crippen LogP contribution is -2.13. The van der Waals surface area contributed by atoms with Crippen molar-refractivity contribution < 1.29 is 14.3 Å². The van der Waals surface area contributed by atoms with E-state index >= 15 is 0 Å². The van der Waals surface area contributed by atoms with Gasteiger partial charge in [0.25, 0.3) is 0 Å². The number of benzene rings is 2. The van der Waals surface area contributed by atoms with Crippen molar-refractivity contribution in [2.45, 2.75) is 0 Å². The van der Waals surface area contributed by atoms with E-state index in [0.29, 0.717) is 17.0 Å². The number of methoxy groups -OCH3 is 1. The first-order valence-corrected chi connectivity index (χ1v) is 5.58. The summed E-state index contributed by atoms with van der Waals surface area (Å²) in [5, 5.41) is 10.5. The number of nitrogens with two attached hydrogens (primary N) is 1. The van der Waals surface area contributed by atoms with E-state index < -0.39 is 5.97 Å². The molecule has 0 aliphatic heterocycles. The summed E-state index contributed by atoms with van der Waals surface area (Å²) in [4.78, 5) is 11.1. The van der Waals surface area contributed by atoms with Crippen LogP contribution in [0.1, 0.15) is 5.56 Å². The molecule has 0 saturated heterocycles. The fourth-order valence-corrected chi connectivity index (χ4v) is 1.77. The van der Waals surface area contributed by atoms with E-state index in [2.05, 4.69) is 4.74 Å². The van der Waals surface area contributed by atoms with Crippen molar-refractivity contribution in [3.05, 3.63) is 35.9 Å². The van der Waals surface area contributed by atoms with Crippen LogP contribution in [0.25, 0.3) is 10.8 Å². The Morgan fingerprint density at radius 3 is 2.68 bits per heavy atom. The molecule has 0 heterocycles. The Kier molecular flexibility index (Phi) is 3.53. The number of rotatable bonds is 3. The van der Waals surface area contributed by atoms with Crippen LogP contribution < -0.4 is 10.5 Å². The molecule has 0 saturated carbocycles. The Bertz CT molecular complexity index is 674. The number of nitrogens with zero attached hydrogens (tertiary/aromatic N) is 1. The number of fused-ring (bicyclic) bond motifs is 1. The van der Waals surface area contributed by atoms with E-state index in [-0.39, 0.29) is 6.61 Å². The summed E-state index contributed by atoms with van der Waals surface area (Å²) >= 11 is 0. The average molecular weight is 256 g/mol. The van der Waals surface area contributed by atoms with Gasteiger partial charge in [-0.2, -0.15) is 5.26 Å². The molecule has 2 N–H and O–H groups in total. The largest absolute Gasteiger partial charge is 0.481 e. The zero-order chi connectivity index (χ0) is 13.8. The van der Waals surface area contributed by atoms with Crippen molar-refractivity contribution in [3.63, 3.8) is 0 Å². The molecule has 5 heteroatoms. The van der Waals surface area contributed by atoms with Gasteiger partial charge in [-0.05, 0) is 0 Å². The van der Waals surface area contributed by atoms with Crippen LogP contribution in [-0.4, -0.2) is 19.7 Å². The summed E-state index contributed by atoms with van der Waals surface area (Å²) in [6, 6.07) is 10.8. The minimum atomic E-state index is -0.487. The maximum Gasteiger partial charge on any atom is 0.343 e. The van der Waals surface area contributed by atoms with Crippen LogP contribution in [0.4, 0.5) is 5.69 Å². The third-order valence-corrected chi connectivity index (χ3v) is 2.74. The van der Waals surface area contributed by atoms with Crippen LogP contribution in [-0.2, 0) is 9.53 Å². The summed E-state index contributed by atoms with van der Waals surface area (Å²) in [6.45, 7) is -0.213. The highest BCUT2D eigenvalue weighted by molar-refractivity contribution is 5.99. The minimum Gasteiger partial charge on any atom is -0.481 e. The van der Waals surface area contributed by atoms with Gasteiger partial charge in [-0.25, -0.2) is 4.79 Å². The van der Waals surface area contributed by atoms with Gasteiger partial charge in [0.05, 0.1) is 18.4 Å². The highest BCUT2D eigenvalue weighted by Gasteiger charge is 2.11. The van der Waals surface area contributed by atoms with Gasteiger partial charge in [0.15, 0.2) is 6.61 Å². The number of hydrogen-bond donors (Lipinski definition) is 1. The summed E-state index contributed by atoms with van der Waals surface area (Å²) in [5.74, 6) is -0.0498. The van der Waals surface area contributed by atoms with Gasteiger partial charge in [0.2, 0.25) is 0 Å². The highest BCUT2D eigenvalue weighted by atomic mass is 16.6. The minimum absolute atomic E-state index is 0.213. The average Bonchev–Trinajstić information content (AvgIpc) is 2.46. The zero-order valence-corrected chi connectivity index (χ0v) is 10.3. The van der Waals surface area contributed by atoms with Gasteiger partial charge < -0.3 is 15.2 Å². The second kappa shape index (κ2) is 5.27. The van der Waals surface area contributed by atoms with E-state index in [4.69, 9.17) is 15.7 Å². The molecule has 5 nitrogen and oxygen atoms in total. The Hall–Kier alpha value is -2.74. The van der Waals surface area contributed by atoms with Gasteiger partial charge in [-0.1, -0.05) is 24.3 Å². The van der Waals surface area contributed by atoms with Crippen molar-refractivity contribution in [1.82, 2.24) is 0 Å². The third kappa shape index (κ3) is 2.43. The van der Waals surface area contributed by atoms with Crippen molar-refractivity contribution >= 4 is 22.4 Å². The maximum atomic E-state index is 11.1. The van der Waals surface area contributed by atoms with Crippen molar-refractivity contribution in [2.24, 2.45) is 0 Å². The van der Waals surface area contributed by atoms with Gasteiger partial charge in [-0.15, -0.1) is 0 Å². The molecule has 0 aliphatic rings.